The first-order valence-electron chi connectivity index (χ1n) is 5.15. The van der Waals surface area contributed by atoms with Crippen LogP contribution in [0.5, 0.6) is 5.75 Å². The van der Waals surface area contributed by atoms with Crippen molar-refractivity contribution < 1.29 is 4.74 Å². The summed E-state index contributed by atoms with van der Waals surface area (Å²) in [7, 11) is 1.64. The number of nitrogens with zero attached hydrogens (tertiary/aromatic N) is 1. The summed E-state index contributed by atoms with van der Waals surface area (Å²) in [6, 6.07) is 5.47. The average molecular weight is 299 g/mol. The second-order valence-electron chi connectivity index (χ2n) is 3.72. The largest absolute Gasteiger partial charge is 0.496 e. The molecule has 6 heteroatoms. The first kappa shape index (κ1) is 11.8. The van der Waals surface area contributed by atoms with Crippen LogP contribution in [0.4, 0.5) is 0 Å². The topological polar surface area (TPSA) is 37.9 Å². The van der Waals surface area contributed by atoms with Gasteiger partial charge in [-0.15, -0.1) is 11.3 Å². The van der Waals surface area contributed by atoms with E-state index >= 15 is 0 Å². The molecule has 0 bridgehead atoms. The molecule has 0 radical (unpaired) electrons. The minimum atomic E-state index is 0.506. The second kappa shape index (κ2) is 4.46. The van der Waals surface area contributed by atoms with Crippen LogP contribution in [-0.4, -0.2) is 17.1 Å². The molecule has 3 rings (SSSR count). The Morgan fingerprint density at radius 2 is 2.00 bits per heavy atom. The van der Waals surface area contributed by atoms with E-state index in [1.807, 2.05) is 11.4 Å². The molecule has 0 aliphatic rings. The fraction of sp³-hybridized carbons (Fsp3) is 0.0833. The molecule has 2 aromatic heterocycles. The van der Waals surface area contributed by atoms with Gasteiger partial charge in [0, 0.05) is 11.4 Å². The lowest BCUT2D eigenvalue weighted by molar-refractivity contribution is 0.417. The van der Waals surface area contributed by atoms with Crippen molar-refractivity contribution in [2.45, 2.75) is 0 Å². The molecule has 0 atom stereocenters. The van der Waals surface area contributed by atoms with Gasteiger partial charge < -0.3 is 9.72 Å². The minimum Gasteiger partial charge on any atom is -0.496 e. The highest BCUT2D eigenvalue weighted by Crippen LogP contribution is 2.32. The number of ether oxygens (including phenoxy) is 1. The first-order chi connectivity index (χ1) is 8.67. The number of hydrogen-bond donors (Lipinski definition) is 1. The predicted molar refractivity (Wildman–Crippen MR) is 76.0 cm³/mol. The number of methoxy groups -OCH3 is 1. The smallest absolute Gasteiger partial charge is 0.148 e. The first-order valence-corrected chi connectivity index (χ1v) is 6.78. The predicted octanol–water partition coefficient (Wildman–Crippen LogP) is 4.61. The van der Waals surface area contributed by atoms with Crippen LogP contribution in [0, 0.1) is 0 Å². The lowest BCUT2D eigenvalue weighted by Crippen LogP contribution is -1.77. The van der Waals surface area contributed by atoms with Crippen LogP contribution in [0.2, 0.25) is 10.0 Å². The number of nitrogens with one attached hydrogen (secondary N) is 1. The zero-order valence-corrected chi connectivity index (χ0v) is 11.7. The van der Waals surface area contributed by atoms with Gasteiger partial charge in [-0.2, -0.15) is 0 Å². The van der Waals surface area contributed by atoms with Gasteiger partial charge in [-0.05, 0) is 12.1 Å². The number of hydrogen-bond acceptors (Lipinski definition) is 3. The number of thiophene rings is 1. The molecular weight excluding hydrogens is 291 g/mol. The number of imidazole rings is 1. The number of aromatic amines is 1. The summed E-state index contributed by atoms with van der Waals surface area (Å²) in [6.07, 6.45) is 0. The van der Waals surface area contributed by atoms with Crippen molar-refractivity contribution in [3.05, 3.63) is 33.6 Å². The van der Waals surface area contributed by atoms with E-state index in [0.29, 0.717) is 10.0 Å². The number of halogens is 2. The van der Waals surface area contributed by atoms with E-state index in [2.05, 4.69) is 9.97 Å². The fourth-order valence-electron chi connectivity index (χ4n) is 1.67. The van der Waals surface area contributed by atoms with Crippen molar-refractivity contribution in [2.24, 2.45) is 0 Å². The Kier molecular flexibility index (Phi) is 2.93. The van der Waals surface area contributed by atoms with Crippen molar-refractivity contribution in [3.8, 4) is 16.5 Å². The van der Waals surface area contributed by atoms with E-state index < -0.39 is 0 Å². The van der Waals surface area contributed by atoms with Crippen LogP contribution in [-0.2, 0) is 0 Å². The molecule has 3 nitrogen and oxygen atoms in total. The van der Waals surface area contributed by atoms with Gasteiger partial charge in [0.15, 0.2) is 0 Å². The lowest BCUT2D eigenvalue weighted by Gasteiger charge is -1.93. The quantitative estimate of drug-likeness (QED) is 0.750. The summed E-state index contributed by atoms with van der Waals surface area (Å²) in [5.41, 5.74) is 1.67. The molecule has 1 aromatic carbocycles. The summed E-state index contributed by atoms with van der Waals surface area (Å²) >= 11 is 13.5. The molecule has 0 aliphatic carbocycles. The summed E-state index contributed by atoms with van der Waals surface area (Å²) in [5, 5.41) is 2.96. The van der Waals surface area contributed by atoms with Crippen LogP contribution in [0.15, 0.2) is 23.6 Å². The van der Waals surface area contributed by atoms with E-state index in [1.54, 1.807) is 30.6 Å². The molecule has 18 heavy (non-hydrogen) atoms. The van der Waals surface area contributed by atoms with Crippen molar-refractivity contribution >= 4 is 45.6 Å². The van der Waals surface area contributed by atoms with Crippen molar-refractivity contribution in [2.75, 3.05) is 7.11 Å². The Morgan fingerprint density at radius 3 is 2.72 bits per heavy atom. The number of fused-ring (bicyclic) bond motifs is 1. The third kappa shape index (κ3) is 1.96. The average Bonchev–Trinajstić information content (AvgIpc) is 2.95. The zero-order chi connectivity index (χ0) is 12.7. The molecule has 0 amide bonds. The van der Waals surface area contributed by atoms with Gasteiger partial charge in [-0.3, -0.25) is 0 Å². The molecular formula is C12H8Cl2N2OS. The van der Waals surface area contributed by atoms with Crippen LogP contribution >= 0.6 is 34.5 Å². The molecule has 2 heterocycles. The standard InChI is InChI=1S/C12H8Cl2N2OS/c1-17-6-2-11(18-5-6)12-15-9-3-7(13)8(14)4-10(9)16-12/h2-5H,1H3,(H,15,16). The molecule has 0 aliphatic heterocycles. The fourth-order valence-corrected chi connectivity index (χ4v) is 2.79. The molecule has 0 saturated carbocycles. The van der Waals surface area contributed by atoms with Gasteiger partial charge in [0.2, 0.25) is 0 Å². The Bertz CT molecular complexity index is 681. The van der Waals surface area contributed by atoms with E-state index in [9.17, 15) is 0 Å². The van der Waals surface area contributed by atoms with Crippen LogP contribution < -0.4 is 4.74 Å². The molecule has 92 valence electrons. The minimum absolute atomic E-state index is 0.506. The van der Waals surface area contributed by atoms with Crippen LogP contribution in [0.25, 0.3) is 21.7 Å². The number of rotatable bonds is 2. The number of aromatic nitrogens is 2. The Balaban J connectivity index is 2.13. The van der Waals surface area contributed by atoms with E-state index in [4.69, 9.17) is 27.9 Å². The summed E-state index contributed by atoms with van der Waals surface area (Å²) in [5.74, 6) is 1.61. The normalized spacial score (nSPS) is 11.1. The SMILES string of the molecule is COc1csc(-c2nc3cc(Cl)c(Cl)cc3[nH]2)c1. The van der Waals surface area contributed by atoms with Crippen molar-refractivity contribution in [3.63, 3.8) is 0 Å². The number of benzene rings is 1. The number of H-pyrrole nitrogens is 1. The highest BCUT2D eigenvalue weighted by molar-refractivity contribution is 7.13. The Labute approximate surface area is 117 Å². The summed E-state index contributed by atoms with van der Waals surface area (Å²) < 4.78 is 5.16. The molecule has 0 fully saturated rings. The van der Waals surface area contributed by atoms with Gasteiger partial charge in [-0.1, -0.05) is 23.2 Å². The maximum absolute atomic E-state index is 5.97. The lowest BCUT2D eigenvalue weighted by atomic mass is 10.3. The third-order valence-corrected chi connectivity index (χ3v) is 4.21. The molecule has 0 saturated heterocycles. The maximum atomic E-state index is 5.97. The second-order valence-corrected chi connectivity index (χ2v) is 5.45. The van der Waals surface area contributed by atoms with Crippen molar-refractivity contribution in [1.29, 1.82) is 0 Å². The monoisotopic (exact) mass is 298 g/mol. The Hall–Kier alpha value is -1.23. The maximum Gasteiger partial charge on any atom is 0.148 e. The Morgan fingerprint density at radius 1 is 1.22 bits per heavy atom. The van der Waals surface area contributed by atoms with Crippen LogP contribution in [0.1, 0.15) is 0 Å². The molecule has 0 spiro atoms. The van der Waals surface area contributed by atoms with Gasteiger partial charge in [0.1, 0.15) is 11.6 Å². The molecule has 1 N–H and O–H groups in total. The zero-order valence-electron chi connectivity index (χ0n) is 9.33. The van der Waals surface area contributed by atoms with Gasteiger partial charge in [0.25, 0.3) is 0 Å². The van der Waals surface area contributed by atoms with Gasteiger partial charge in [0.05, 0.1) is 33.1 Å². The van der Waals surface area contributed by atoms with Gasteiger partial charge in [-0.25, -0.2) is 4.98 Å². The third-order valence-electron chi connectivity index (χ3n) is 2.57. The van der Waals surface area contributed by atoms with Gasteiger partial charge >= 0.3 is 0 Å². The van der Waals surface area contributed by atoms with Crippen molar-refractivity contribution in [1.82, 2.24) is 9.97 Å². The van der Waals surface area contributed by atoms with E-state index in [-0.39, 0.29) is 0 Å². The van der Waals surface area contributed by atoms with E-state index in [1.165, 1.54) is 0 Å². The van der Waals surface area contributed by atoms with Crippen LogP contribution in [0.3, 0.4) is 0 Å². The summed E-state index contributed by atoms with van der Waals surface area (Å²) in [6.45, 7) is 0. The van der Waals surface area contributed by atoms with E-state index in [0.717, 1.165) is 27.5 Å². The highest BCUT2D eigenvalue weighted by atomic mass is 35.5. The molecule has 3 aromatic rings. The summed E-state index contributed by atoms with van der Waals surface area (Å²) in [4.78, 5) is 8.72. The highest BCUT2D eigenvalue weighted by Gasteiger charge is 2.10. The molecule has 0 unspecified atom stereocenters.